The van der Waals surface area contributed by atoms with Gasteiger partial charge in [-0.2, -0.15) is 0 Å². The number of hydrogen-bond donors (Lipinski definition) is 1. The van der Waals surface area contributed by atoms with Crippen LogP contribution >= 0.6 is 11.3 Å². The maximum Gasteiger partial charge on any atom is 0.218 e. The summed E-state index contributed by atoms with van der Waals surface area (Å²) >= 11 is 1.77. The second-order valence-corrected chi connectivity index (χ2v) is 6.25. The van der Waals surface area contributed by atoms with E-state index >= 15 is 0 Å². The maximum atomic E-state index is 5.96. The SMILES string of the molecule is CCCNCc1c(C)cc(C)nc1OCCc1cccs1. The molecule has 0 amide bonds. The molecule has 0 aliphatic heterocycles. The van der Waals surface area contributed by atoms with Crippen molar-refractivity contribution in [3.8, 4) is 5.88 Å². The van der Waals surface area contributed by atoms with Crippen LogP contribution in [0.4, 0.5) is 0 Å². The van der Waals surface area contributed by atoms with Gasteiger partial charge in [0.05, 0.1) is 6.61 Å². The summed E-state index contributed by atoms with van der Waals surface area (Å²) in [5, 5.41) is 5.54. The molecule has 0 aliphatic rings. The summed E-state index contributed by atoms with van der Waals surface area (Å²) in [4.78, 5) is 5.92. The highest BCUT2D eigenvalue weighted by Crippen LogP contribution is 2.21. The van der Waals surface area contributed by atoms with E-state index in [2.05, 4.69) is 47.7 Å². The Morgan fingerprint density at radius 3 is 2.90 bits per heavy atom. The Kier molecular flexibility index (Phi) is 6.21. The number of pyridine rings is 1. The Morgan fingerprint density at radius 1 is 1.33 bits per heavy atom. The van der Waals surface area contributed by atoms with Crippen LogP contribution in [0.15, 0.2) is 23.6 Å². The van der Waals surface area contributed by atoms with Gasteiger partial charge in [0.15, 0.2) is 0 Å². The molecule has 0 spiro atoms. The molecule has 0 aliphatic carbocycles. The minimum absolute atomic E-state index is 0.678. The third-order valence-electron chi connectivity index (χ3n) is 3.33. The molecular formula is C17H24N2OS. The number of aryl methyl sites for hydroxylation is 2. The van der Waals surface area contributed by atoms with E-state index in [4.69, 9.17) is 4.74 Å². The Morgan fingerprint density at radius 2 is 2.19 bits per heavy atom. The van der Waals surface area contributed by atoms with Crippen LogP contribution in [-0.2, 0) is 13.0 Å². The molecule has 0 atom stereocenters. The molecule has 21 heavy (non-hydrogen) atoms. The van der Waals surface area contributed by atoms with Gasteiger partial charge < -0.3 is 10.1 Å². The van der Waals surface area contributed by atoms with Crippen molar-refractivity contribution in [2.45, 2.75) is 40.2 Å². The van der Waals surface area contributed by atoms with E-state index in [1.165, 1.54) is 16.0 Å². The molecule has 2 aromatic heterocycles. The fraction of sp³-hybridized carbons (Fsp3) is 0.471. The molecule has 0 fully saturated rings. The number of nitrogens with one attached hydrogen (secondary N) is 1. The first-order chi connectivity index (χ1) is 10.2. The van der Waals surface area contributed by atoms with E-state index in [1.54, 1.807) is 11.3 Å². The predicted molar refractivity (Wildman–Crippen MR) is 89.2 cm³/mol. The van der Waals surface area contributed by atoms with Crippen molar-refractivity contribution < 1.29 is 4.74 Å². The summed E-state index contributed by atoms with van der Waals surface area (Å²) in [6, 6.07) is 6.34. The van der Waals surface area contributed by atoms with Gasteiger partial charge in [-0.05, 0) is 49.9 Å². The molecule has 2 rings (SSSR count). The average Bonchev–Trinajstić information content (AvgIpc) is 2.95. The first kappa shape index (κ1) is 16.0. The van der Waals surface area contributed by atoms with Crippen molar-refractivity contribution in [1.29, 1.82) is 0 Å². The minimum atomic E-state index is 0.678. The van der Waals surface area contributed by atoms with Crippen LogP contribution in [0.1, 0.15) is 35.0 Å². The largest absolute Gasteiger partial charge is 0.477 e. The molecular weight excluding hydrogens is 280 g/mol. The quantitative estimate of drug-likeness (QED) is 0.752. The second kappa shape index (κ2) is 8.15. The first-order valence-electron chi connectivity index (χ1n) is 7.53. The third kappa shape index (κ3) is 4.83. The molecule has 2 aromatic rings. The molecule has 0 aromatic carbocycles. The highest BCUT2D eigenvalue weighted by atomic mass is 32.1. The van der Waals surface area contributed by atoms with Gasteiger partial charge >= 0.3 is 0 Å². The zero-order valence-electron chi connectivity index (χ0n) is 13.1. The van der Waals surface area contributed by atoms with E-state index in [1.807, 2.05) is 6.92 Å². The monoisotopic (exact) mass is 304 g/mol. The van der Waals surface area contributed by atoms with Crippen molar-refractivity contribution in [1.82, 2.24) is 10.3 Å². The van der Waals surface area contributed by atoms with Gasteiger partial charge in [0, 0.05) is 29.1 Å². The van der Waals surface area contributed by atoms with Crippen LogP contribution < -0.4 is 10.1 Å². The minimum Gasteiger partial charge on any atom is -0.477 e. The standard InChI is InChI=1S/C17H24N2OS/c1-4-8-18-12-16-13(2)11-14(3)19-17(16)20-9-7-15-6-5-10-21-15/h5-6,10-11,18H,4,7-9,12H2,1-3H3. The lowest BCUT2D eigenvalue weighted by atomic mass is 10.1. The van der Waals surface area contributed by atoms with Gasteiger partial charge in [0.2, 0.25) is 5.88 Å². The van der Waals surface area contributed by atoms with E-state index in [0.717, 1.165) is 37.5 Å². The lowest BCUT2D eigenvalue weighted by Crippen LogP contribution is -2.17. The molecule has 0 saturated carbocycles. The number of aromatic nitrogens is 1. The molecule has 4 heteroatoms. The number of nitrogens with zero attached hydrogens (tertiary/aromatic N) is 1. The summed E-state index contributed by atoms with van der Waals surface area (Å²) in [7, 11) is 0. The van der Waals surface area contributed by atoms with Crippen LogP contribution in [0.3, 0.4) is 0 Å². The second-order valence-electron chi connectivity index (χ2n) is 5.22. The molecule has 1 N–H and O–H groups in total. The van der Waals surface area contributed by atoms with Gasteiger partial charge in [-0.25, -0.2) is 4.98 Å². The number of hydrogen-bond acceptors (Lipinski definition) is 4. The highest BCUT2D eigenvalue weighted by Gasteiger charge is 2.10. The molecule has 0 radical (unpaired) electrons. The van der Waals surface area contributed by atoms with Crippen LogP contribution in [0.2, 0.25) is 0 Å². The summed E-state index contributed by atoms with van der Waals surface area (Å²) < 4.78 is 5.96. The molecule has 0 bridgehead atoms. The Bertz CT molecular complexity index is 552. The van der Waals surface area contributed by atoms with Crippen molar-refractivity contribution in [3.05, 3.63) is 45.3 Å². The van der Waals surface area contributed by atoms with Crippen LogP contribution in [0, 0.1) is 13.8 Å². The van der Waals surface area contributed by atoms with Crippen molar-refractivity contribution in [3.63, 3.8) is 0 Å². The van der Waals surface area contributed by atoms with Gasteiger partial charge in [-0.3, -0.25) is 0 Å². The zero-order valence-corrected chi connectivity index (χ0v) is 13.9. The summed E-state index contributed by atoms with van der Waals surface area (Å²) in [5.41, 5.74) is 3.44. The summed E-state index contributed by atoms with van der Waals surface area (Å²) in [6.45, 7) is 8.83. The molecule has 0 unspecified atom stereocenters. The maximum absolute atomic E-state index is 5.96. The van der Waals surface area contributed by atoms with Gasteiger partial charge in [0.25, 0.3) is 0 Å². The van der Waals surface area contributed by atoms with Gasteiger partial charge in [-0.15, -0.1) is 11.3 Å². The summed E-state index contributed by atoms with van der Waals surface area (Å²) in [5.74, 6) is 0.785. The van der Waals surface area contributed by atoms with Crippen LogP contribution in [-0.4, -0.2) is 18.1 Å². The van der Waals surface area contributed by atoms with Gasteiger partial charge in [-0.1, -0.05) is 13.0 Å². The Balaban J connectivity index is 2.01. The van der Waals surface area contributed by atoms with Gasteiger partial charge in [0.1, 0.15) is 0 Å². The predicted octanol–water partition coefficient (Wildman–Crippen LogP) is 3.88. The van der Waals surface area contributed by atoms with Crippen molar-refractivity contribution >= 4 is 11.3 Å². The topological polar surface area (TPSA) is 34.2 Å². The molecule has 2 heterocycles. The lowest BCUT2D eigenvalue weighted by Gasteiger charge is -2.14. The fourth-order valence-electron chi connectivity index (χ4n) is 2.26. The number of ether oxygens (including phenoxy) is 1. The number of thiophene rings is 1. The lowest BCUT2D eigenvalue weighted by molar-refractivity contribution is 0.305. The molecule has 3 nitrogen and oxygen atoms in total. The molecule has 0 saturated heterocycles. The third-order valence-corrected chi connectivity index (χ3v) is 4.27. The number of rotatable bonds is 8. The summed E-state index contributed by atoms with van der Waals surface area (Å²) in [6.07, 6.45) is 2.07. The zero-order chi connectivity index (χ0) is 15.1. The van der Waals surface area contributed by atoms with Crippen LogP contribution in [0.5, 0.6) is 5.88 Å². The van der Waals surface area contributed by atoms with E-state index in [9.17, 15) is 0 Å². The average molecular weight is 304 g/mol. The molecule has 114 valence electrons. The van der Waals surface area contributed by atoms with E-state index < -0.39 is 0 Å². The Labute approximate surface area is 131 Å². The smallest absolute Gasteiger partial charge is 0.218 e. The van der Waals surface area contributed by atoms with Crippen molar-refractivity contribution in [2.24, 2.45) is 0 Å². The van der Waals surface area contributed by atoms with Crippen LogP contribution in [0.25, 0.3) is 0 Å². The van der Waals surface area contributed by atoms with E-state index in [0.29, 0.717) is 6.61 Å². The first-order valence-corrected chi connectivity index (χ1v) is 8.41. The van der Waals surface area contributed by atoms with E-state index in [-0.39, 0.29) is 0 Å². The fourth-order valence-corrected chi connectivity index (χ4v) is 2.95. The normalized spacial score (nSPS) is 10.8. The Hall–Kier alpha value is -1.39. The highest BCUT2D eigenvalue weighted by molar-refractivity contribution is 7.09. The van der Waals surface area contributed by atoms with Crippen molar-refractivity contribution in [2.75, 3.05) is 13.2 Å².